The molecule has 0 bridgehead atoms. The van der Waals surface area contributed by atoms with Gasteiger partial charge in [-0.15, -0.1) is 0 Å². The Bertz CT molecular complexity index is 406. The van der Waals surface area contributed by atoms with Crippen molar-refractivity contribution in [2.45, 2.75) is 20.3 Å². The Kier molecular flexibility index (Phi) is 5.54. The number of thiocarbonyl (C=S) groups is 1. The van der Waals surface area contributed by atoms with Crippen molar-refractivity contribution in [2.24, 2.45) is 11.1 Å². The Hall–Kier alpha value is -0.690. The molecule has 1 atom stereocenters. The Morgan fingerprint density at radius 2 is 1.94 bits per heavy atom. The zero-order chi connectivity index (χ0) is 13.9. The van der Waals surface area contributed by atoms with E-state index in [-0.39, 0.29) is 23.2 Å². The van der Waals surface area contributed by atoms with Gasteiger partial charge in [0.05, 0.1) is 16.2 Å². The van der Waals surface area contributed by atoms with Gasteiger partial charge >= 0.3 is 0 Å². The van der Waals surface area contributed by atoms with Crippen molar-refractivity contribution in [1.82, 2.24) is 4.90 Å². The Morgan fingerprint density at radius 1 is 1.47 bits per heavy atom. The lowest BCUT2D eigenvalue weighted by molar-refractivity contribution is -0.136. The summed E-state index contributed by atoms with van der Waals surface area (Å²) in [5.41, 5.74) is 4.67. The van der Waals surface area contributed by atoms with E-state index >= 15 is 0 Å². The van der Waals surface area contributed by atoms with Gasteiger partial charge < -0.3 is 10.6 Å². The molecule has 0 fully saturated rings. The lowest BCUT2D eigenvalue weighted by Gasteiger charge is -2.30. The molecule has 0 aliphatic carbocycles. The van der Waals surface area contributed by atoms with Crippen molar-refractivity contribution in [2.75, 3.05) is 25.6 Å². The number of sulfone groups is 1. The minimum atomic E-state index is -3.08. The summed E-state index contributed by atoms with van der Waals surface area (Å²) in [6, 6.07) is 0. The molecule has 1 unspecified atom stereocenters. The van der Waals surface area contributed by atoms with Crippen LogP contribution in [0.25, 0.3) is 0 Å². The van der Waals surface area contributed by atoms with Crippen molar-refractivity contribution in [3.8, 4) is 0 Å². The molecular formula is C10H20N2O3S2. The van der Waals surface area contributed by atoms with Crippen molar-refractivity contribution >= 4 is 33.0 Å². The van der Waals surface area contributed by atoms with Crippen LogP contribution in [0.15, 0.2) is 0 Å². The zero-order valence-electron chi connectivity index (χ0n) is 10.7. The van der Waals surface area contributed by atoms with Crippen LogP contribution in [-0.2, 0) is 14.6 Å². The molecule has 0 aromatic heterocycles. The zero-order valence-corrected chi connectivity index (χ0v) is 12.3. The number of hydrogen-bond acceptors (Lipinski definition) is 4. The van der Waals surface area contributed by atoms with E-state index in [9.17, 15) is 13.2 Å². The summed E-state index contributed by atoms with van der Waals surface area (Å²) in [6.07, 6.45) is 1.63. The van der Waals surface area contributed by atoms with Crippen LogP contribution in [0.3, 0.4) is 0 Å². The first-order valence-corrected chi connectivity index (χ1v) is 7.74. The van der Waals surface area contributed by atoms with E-state index in [0.29, 0.717) is 6.42 Å². The highest BCUT2D eigenvalue weighted by atomic mass is 32.2. The van der Waals surface area contributed by atoms with E-state index in [2.05, 4.69) is 0 Å². The highest BCUT2D eigenvalue weighted by molar-refractivity contribution is 7.90. The molecule has 0 aromatic carbocycles. The van der Waals surface area contributed by atoms with E-state index in [0.717, 1.165) is 6.26 Å². The molecule has 0 spiro atoms. The van der Waals surface area contributed by atoms with Crippen LogP contribution in [0.2, 0.25) is 0 Å². The van der Waals surface area contributed by atoms with E-state index < -0.39 is 15.3 Å². The number of nitrogens with zero attached hydrogens (tertiary/aromatic N) is 1. The van der Waals surface area contributed by atoms with Crippen LogP contribution in [0.1, 0.15) is 20.3 Å². The Labute approximate surface area is 108 Å². The van der Waals surface area contributed by atoms with Crippen LogP contribution in [0.4, 0.5) is 0 Å². The van der Waals surface area contributed by atoms with E-state index in [1.54, 1.807) is 14.0 Å². The highest BCUT2D eigenvalue weighted by Crippen LogP contribution is 2.24. The number of carbonyl (C=O) groups is 1. The third-order valence-corrected chi connectivity index (χ3v) is 4.24. The molecule has 0 saturated heterocycles. The minimum absolute atomic E-state index is 0.0631. The summed E-state index contributed by atoms with van der Waals surface area (Å²) in [4.78, 5) is 13.6. The van der Waals surface area contributed by atoms with Crippen molar-refractivity contribution in [3.05, 3.63) is 0 Å². The average molecular weight is 280 g/mol. The Balaban J connectivity index is 4.75. The molecule has 5 nitrogen and oxygen atoms in total. The molecular weight excluding hydrogens is 260 g/mol. The largest absolute Gasteiger partial charge is 0.392 e. The quantitative estimate of drug-likeness (QED) is 0.703. The summed E-state index contributed by atoms with van der Waals surface area (Å²) >= 11 is 4.89. The second-order valence-corrected chi connectivity index (χ2v) is 7.11. The number of amides is 1. The fourth-order valence-corrected chi connectivity index (χ4v) is 2.09. The van der Waals surface area contributed by atoms with Gasteiger partial charge in [0, 0.05) is 19.8 Å². The molecule has 0 heterocycles. The lowest BCUT2D eigenvalue weighted by atomic mass is 9.86. The molecule has 7 heteroatoms. The Morgan fingerprint density at radius 3 is 2.24 bits per heavy atom. The van der Waals surface area contributed by atoms with Gasteiger partial charge in [-0.3, -0.25) is 4.79 Å². The summed E-state index contributed by atoms with van der Waals surface area (Å²) in [5.74, 6) is -0.303. The SMILES string of the molecule is CCC(C)(C(=O)N(C)CCS(C)(=O)=O)C(N)=S. The smallest absolute Gasteiger partial charge is 0.235 e. The molecule has 2 N–H and O–H groups in total. The maximum atomic E-state index is 12.1. The first-order chi connectivity index (χ1) is 7.54. The molecule has 0 aliphatic rings. The predicted molar refractivity (Wildman–Crippen MR) is 72.5 cm³/mol. The summed E-state index contributed by atoms with van der Waals surface area (Å²) < 4.78 is 22.0. The highest BCUT2D eigenvalue weighted by Gasteiger charge is 2.36. The second-order valence-electron chi connectivity index (χ2n) is 4.41. The van der Waals surface area contributed by atoms with E-state index in [1.807, 2.05) is 6.92 Å². The summed E-state index contributed by atoms with van der Waals surface area (Å²) in [6.45, 7) is 3.64. The van der Waals surface area contributed by atoms with Crippen LogP contribution >= 0.6 is 12.2 Å². The van der Waals surface area contributed by atoms with Crippen LogP contribution in [-0.4, -0.2) is 49.8 Å². The molecule has 0 aromatic rings. The van der Waals surface area contributed by atoms with Crippen LogP contribution < -0.4 is 5.73 Å². The van der Waals surface area contributed by atoms with Gasteiger partial charge in [-0.1, -0.05) is 19.1 Å². The maximum absolute atomic E-state index is 12.1. The molecule has 1 amide bonds. The topological polar surface area (TPSA) is 80.5 Å². The fourth-order valence-electron chi connectivity index (χ4n) is 1.26. The minimum Gasteiger partial charge on any atom is -0.392 e. The van der Waals surface area contributed by atoms with Crippen molar-refractivity contribution in [1.29, 1.82) is 0 Å². The number of rotatable bonds is 6. The molecule has 0 aliphatic heterocycles. The third-order valence-electron chi connectivity index (χ3n) is 2.87. The van der Waals surface area contributed by atoms with Gasteiger partial charge in [-0.05, 0) is 13.3 Å². The van der Waals surface area contributed by atoms with Gasteiger partial charge in [0.25, 0.3) is 0 Å². The molecule has 17 heavy (non-hydrogen) atoms. The second kappa shape index (κ2) is 5.77. The lowest BCUT2D eigenvalue weighted by Crippen LogP contribution is -2.48. The monoisotopic (exact) mass is 280 g/mol. The van der Waals surface area contributed by atoms with Gasteiger partial charge in [0.1, 0.15) is 9.84 Å². The van der Waals surface area contributed by atoms with Crippen molar-refractivity contribution < 1.29 is 13.2 Å². The normalized spacial score (nSPS) is 15.1. The fraction of sp³-hybridized carbons (Fsp3) is 0.800. The summed E-state index contributed by atoms with van der Waals surface area (Å²) in [5, 5.41) is 0. The molecule has 0 radical (unpaired) electrons. The van der Waals surface area contributed by atoms with Gasteiger partial charge in [0.2, 0.25) is 5.91 Å². The average Bonchev–Trinajstić information content (AvgIpc) is 2.22. The number of hydrogen-bond donors (Lipinski definition) is 1. The van der Waals surface area contributed by atoms with Crippen molar-refractivity contribution in [3.63, 3.8) is 0 Å². The van der Waals surface area contributed by atoms with Gasteiger partial charge in [-0.25, -0.2) is 8.42 Å². The first kappa shape index (κ1) is 16.3. The van der Waals surface area contributed by atoms with Crippen LogP contribution in [0, 0.1) is 5.41 Å². The third kappa shape index (κ3) is 4.59. The molecule has 100 valence electrons. The van der Waals surface area contributed by atoms with Crippen LogP contribution in [0.5, 0.6) is 0 Å². The summed E-state index contributed by atoms with van der Waals surface area (Å²) in [7, 11) is -1.53. The molecule has 0 saturated carbocycles. The van der Waals surface area contributed by atoms with E-state index in [4.69, 9.17) is 18.0 Å². The van der Waals surface area contributed by atoms with E-state index in [1.165, 1.54) is 4.90 Å². The van der Waals surface area contributed by atoms with Gasteiger partial charge in [-0.2, -0.15) is 0 Å². The number of nitrogens with two attached hydrogens (primary N) is 1. The standard InChI is InChI=1S/C10H20N2O3S2/c1-5-10(2,8(11)16)9(13)12(3)6-7-17(4,14)15/h5-7H2,1-4H3,(H2,11,16). The maximum Gasteiger partial charge on any atom is 0.235 e. The number of carbonyl (C=O) groups excluding carboxylic acids is 1. The predicted octanol–water partition coefficient (Wildman–Crippen LogP) is 0.192. The van der Waals surface area contributed by atoms with Gasteiger partial charge in [0.15, 0.2) is 0 Å². The molecule has 0 rings (SSSR count). The first-order valence-electron chi connectivity index (χ1n) is 5.27.